The lowest BCUT2D eigenvalue weighted by Crippen LogP contribution is -2.29. The molecule has 0 radical (unpaired) electrons. The number of aromatic nitrogens is 2. The second kappa shape index (κ2) is 5.58. The van der Waals surface area contributed by atoms with Crippen LogP contribution in [0.5, 0.6) is 0 Å². The van der Waals surface area contributed by atoms with E-state index in [0.717, 1.165) is 5.69 Å². The first-order valence-electron chi connectivity index (χ1n) is 8.02. The number of aromatic amines is 1. The molecule has 0 unspecified atom stereocenters. The van der Waals surface area contributed by atoms with E-state index in [4.69, 9.17) is 0 Å². The van der Waals surface area contributed by atoms with Crippen LogP contribution in [0.15, 0.2) is 48.7 Å². The number of nitrogens with zero attached hydrogens (tertiary/aromatic N) is 2. The van der Waals surface area contributed by atoms with Crippen molar-refractivity contribution in [1.82, 2.24) is 14.9 Å². The molecular formula is C19H21N3. The van der Waals surface area contributed by atoms with E-state index in [1.54, 1.807) is 0 Å². The molecule has 1 saturated heterocycles. The molecule has 2 aromatic heterocycles. The fourth-order valence-corrected chi connectivity index (χ4v) is 3.39. The number of nitrogens with one attached hydrogen (secondary N) is 1. The molecule has 0 amide bonds. The normalized spacial score (nSPS) is 17.1. The summed E-state index contributed by atoms with van der Waals surface area (Å²) in [5.74, 6) is 0.668. The molecule has 0 aliphatic carbocycles. The summed E-state index contributed by atoms with van der Waals surface area (Å²) in [6.07, 6.45) is 4.34. The van der Waals surface area contributed by atoms with Crippen LogP contribution in [0.25, 0.3) is 22.2 Å². The van der Waals surface area contributed by atoms with Crippen LogP contribution in [0.1, 0.15) is 24.5 Å². The summed E-state index contributed by atoms with van der Waals surface area (Å²) >= 11 is 0. The monoisotopic (exact) mass is 291 g/mol. The highest BCUT2D eigenvalue weighted by Crippen LogP contribution is 2.31. The van der Waals surface area contributed by atoms with Crippen LogP contribution in [0.4, 0.5) is 0 Å². The number of hydrogen-bond donors (Lipinski definition) is 1. The van der Waals surface area contributed by atoms with E-state index in [0.29, 0.717) is 5.92 Å². The van der Waals surface area contributed by atoms with Crippen molar-refractivity contribution in [3.05, 3.63) is 54.4 Å². The Morgan fingerprint density at radius 2 is 1.95 bits per heavy atom. The first kappa shape index (κ1) is 13.5. The largest absolute Gasteiger partial charge is 0.358 e. The van der Waals surface area contributed by atoms with Gasteiger partial charge in [0, 0.05) is 34.3 Å². The highest BCUT2D eigenvalue weighted by molar-refractivity contribution is 5.85. The fourth-order valence-electron chi connectivity index (χ4n) is 3.39. The van der Waals surface area contributed by atoms with Crippen molar-refractivity contribution in [3.8, 4) is 11.3 Å². The quantitative estimate of drug-likeness (QED) is 0.772. The number of piperidine rings is 1. The first-order valence-corrected chi connectivity index (χ1v) is 8.02. The average Bonchev–Trinajstić information content (AvgIpc) is 2.99. The maximum Gasteiger partial charge on any atom is 0.0702 e. The Hall–Kier alpha value is -2.13. The van der Waals surface area contributed by atoms with Crippen LogP contribution in [0.2, 0.25) is 0 Å². The van der Waals surface area contributed by atoms with Crippen LogP contribution >= 0.6 is 0 Å². The zero-order valence-corrected chi connectivity index (χ0v) is 12.9. The van der Waals surface area contributed by atoms with Crippen molar-refractivity contribution in [2.24, 2.45) is 0 Å². The topological polar surface area (TPSA) is 31.9 Å². The van der Waals surface area contributed by atoms with E-state index < -0.39 is 0 Å². The first-order chi connectivity index (χ1) is 10.8. The molecule has 1 N–H and O–H groups in total. The van der Waals surface area contributed by atoms with Gasteiger partial charge in [-0.25, -0.2) is 0 Å². The van der Waals surface area contributed by atoms with Crippen LogP contribution in [0.3, 0.4) is 0 Å². The van der Waals surface area contributed by atoms with Crippen LogP contribution in [-0.2, 0) is 0 Å². The SMILES string of the molecule is CN1CCC(c2cc3cc(-c4ccccn4)ccc3[nH]2)CC1. The average molecular weight is 291 g/mol. The van der Waals surface area contributed by atoms with Crippen LogP contribution in [0, 0.1) is 0 Å². The number of hydrogen-bond acceptors (Lipinski definition) is 2. The highest BCUT2D eigenvalue weighted by Gasteiger charge is 2.19. The third-order valence-corrected chi connectivity index (χ3v) is 4.76. The number of pyridine rings is 1. The molecule has 3 heteroatoms. The van der Waals surface area contributed by atoms with E-state index in [1.165, 1.54) is 48.1 Å². The van der Waals surface area contributed by atoms with Crippen molar-refractivity contribution >= 4 is 10.9 Å². The van der Waals surface area contributed by atoms with Gasteiger partial charge in [0.25, 0.3) is 0 Å². The molecule has 3 heterocycles. The fraction of sp³-hybridized carbons (Fsp3) is 0.316. The lowest BCUT2D eigenvalue weighted by molar-refractivity contribution is 0.254. The third-order valence-electron chi connectivity index (χ3n) is 4.76. The molecule has 0 saturated carbocycles. The molecule has 1 aliphatic rings. The van der Waals surface area contributed by atoms with Crippen molar-refractivity contribution in [2.75, 3.05) is 20.1 Å². The van der Waals surface area contributed by atoms with Crippen molar-refractivity contribution in [1.29, 1.82) is 0 Å². The number of benzene rings is 1. The van der Waals surface area contributed by atoms with E-state index in [9.17, 15) is 0 Å². The Morgan fingerprint density at radius 3 is 2.73 bits per heavy atom. The molecule has 1 aliphatic heterocycles. The lowest BCUT2D eigenvalue weighted by atomic mass is 9.94. The summed E-state index contributed by atoms with van der Waals surface area (Å²) in [7, 11) is 2.21. The summed E-state index contributed by atoms with van der Waals surface area (Å²) in [6, 6.07) is 15.0. The van der Waals surface area contributed by atoms with Crippen molar-refractivity contribution in [3.63, 3.8) is 0 Å². The molecule has 22 heavy (non-hydrogen) atoms. The summed E-state index contributed by atoms with van der Waals surface area (Å²) in [6.45, 7) is 2.39. The Kier molecular flexibility index (Phi) is 3.43. The Labute approximate surface area is 131 Å². The molecule has 112 valence electrons. The van der Waals surface area contributed by atoms with Crippen LogP contribution < -0.4 is 0 Å². The molecule has 0 bridgehead atoms. The van der Waals surface area contributed by atoms with Gasteiger partial charge in [0.1, 0.15) is 0 Å². The maximum absolute atomic E-state index is 4.45. The van der Waals surface area contributed by atoms with Crippen molar-refractivity contribution in [2.45, 2.75) is 18.8 Å². The van der Waals surface area contributed by atoms with Gasteiger partial charge in [0.05, 0.1) is 5.69 Å². The maximum atomic E-state index is 4.45. The molecule has 3 aromatic rings. The smallest absolute Gasteiger partial charge is 0.0702 e. The van der Waals surface area contributed by atoms with Gasteiger partial charge in [-0.3, -0.25) is 4.98 Å². The molecule has 3 nitrogen and oxygen atoms in total. The van der Waals surface area contributed by atoms with Gasteiger partial charge in [0.15, 0.2) is 0 Å². The molecular weight excluding hydrogens is 270 g/mol. The highest BCUT2D eigenvalue weighted by atomic mass is 15.1. The minimum atomic E-state index is 0.668. The molecule has 4 rings (SSSR count). The lowest BCUT2D eigenvalue weighted by Gasteiger charge is -2.28. The number of likely N-dealkylation sites (tertiary alicyclic amines) is 1. The molecule has 1 fully saturated rings. The van der Waals surface area contributed by atoms with Gasteiger partial charge in [-0.1, -0.05) is 12.1 Å². The second-order valence-electron chi connectivity index (χ2n) is 6.32. The van der Waals surface area contributed by atoms with Gasteiger partial charge in [0.2, 0.25) is 0 Å². The minimum Gasteiger partial charge on any atom is -0.358 e. The zero-order chi connectivity index (χ0) is 14.9. The van der Waals surface area contributed by atoms with E-state index >= 15 is 0 Å². The van der Waals surface area contributed by atoms with Crippen LogP contribution in [-0.4, -0.2) is 35.0 Å². The van der Waals surface area contributed by atoms with Gasteiger partial charge in [-0.05, 0) is 63.3 Å². The van der Waals surface area contributed by atoms with Gasteiger partial charge in [-0.15, -0.1) is 0 Å². The second-order valence-corrected chi connectivity index (χ2v) is 6.32. The van der Waals surface area contributed by atoms with Gasteiger partial charge >= 0.3 is 0 Å². The van der Waals surface area contributed by atoms with Crippen molar-refractivity contribution < 1.29 is 0 Å². The standard InChI is InChI=1S/C19H21N3/c1-22-10-7-14(8-11-22)19-13-16-12-15(5-6-18(16)21-19)17-4-2-3-9-20-17/h2-6,9,12-14,21H,7-8,10-11H2,1H3. The summed E-state index contributed by atoms with van der Waals surface area (Å²) in [4.78, 5) is 10.5. The Balaban J connectivity index is 1.66. The van der Waals surface area contributed by atoms with Gasteiger partial charge in [-0.2, -0.15) is 0 Å². The number of rotatable bonds is 2. The summed E-state index contributed by atoms with van der Waals surface area (Å²) in [5.41, 5.74) is 4.84. The number of H-pyrrole nitrogens is 1. The van der Waals surface area contributed by atoms with E-state index in [2.05, 4.69) is 52.2 Å². The molecule has 0 spiro atoms. The minimum absolute atomic E-state index is 0.668. The zero-order valence-electron chi connectivity index (χ0n) is 12.9. The third kappa shape index (κ3) is 2.53. The van der Waals surface area contributed by atoms with E-state index in [-0.39, 0.29) is 0 Å². The summed E-state index contributed by atoms with van der Waals surface area (Å²) < 4.78 is 0. The predicted molar refractivity (Wildman–Crippen MR) is 91.0 cm³/mol. The van der Waals surface area contributed by atoms with E-state index in [1.807, 2.05) is 18.3 Å². The Morgan fingerprint density at radius 1 is 1.09 bits per heavy atom. The predicted octanol–water partition coefficient (Wildman–Crippen LogP) is 4.04. The molecule has 0 atom stereocenters. The van der Waals surface area contributed by atoms with Gasteiger partial charge < -0.3 is 9.88 Å². The molecule has 1 aromatic carbocycles. The summed E-state index contributed by atoms with van der Waals surface area (Å²) in [5, 5.41) is 1.29. The number of fused-ring (bicyclic) bond motifs is 1. The Bertz CT molecular complexity index is 768.